The second kappa shape index (κ2) is 4.19. The van der Waals surface area contributed by atoms with Gasteiger partial charge in [0.2, 0.25) is 0 Å². The molecule has 0 heterocycles. The molecule has 15 heavy (non-hydrogen) atoms. The van der Waals surface area contributed by atoms with Crippen molar-refractivity contribution in [3.8, 4) is 5.75 Å². The summed E-state index contributed by atoms with van der Waals surface area (Å²) in [5.41, 5.74) is 6.33. The van der Waals surface area contributed by atoms with Crippen LogP contribution in [0.5, 0.6) is 5.75 Å². The van der Waals surface area contributed by atoms with E-state index in [4.69, 9.17) is 10.5 Å². The van der Waals surface area contributed by atoms with Gasteiger partial charge in [-0.3, -0.25) is 0 Å². The maximum atomic E-state index is 13.8. The molecule has 0 aromatic heterocycles. The van der Waals surface area contributed by atoms with Crippen LogP contribution in [0, 0.1) is 11.2 Å². The molecule has 2 N–H and O–H groups in total. The monoisotopic (exact) mass is 211 g/mol. The normalized spacial score (nSPS) is 13.7. The van der Waals surface area contributed by atoms with Gasteiger partial charge in [-0.2, -0.15) is 0 Å². The molecule has 1 rings (SSSR count). The Balaban J connectivity index is 3.15. The third kappa shape index (κ3) is 2.48. The number of ether oxygens (including phenoxy) is 1. The largest absolute Gasteiger partial charge is 0.494 e. The van der Waals surface area contributed by atoms with Gasteiger partial charge in [-0.15, -0.1) is 0 Å². The number of halogens is 1. The molecule has 0 aliphatic rings. The van der Waals surface area contributed by atoms with Gasteiger partial charge in [0.15, 0.2) is 11.6 Å². The molecule has 0 radical (unpaired) electrons. The highest BCUT2D eigenvalue weighted by Crippen LogP contribution is 2.34. The zero-order chi connectivity index (χ0) is 11.6. The minimum Gasteiger partial charge on any atom is -0.494 e. The van der Waals surface area contributed by atoms with Crippen molar-refractivity contribution < 1.29 is 9.13 Å². The minimum absolute atomic E-state index is 0.173. The number of nitrogens with two attached hydrogens (primary N) is 1. The van der Waals surface area contributed by atoms with Crippen molar-refractivity contribution in [3.05, 3.63) is 29.6 Å². The Morgan fingerprint density at radius 3 is 2.40 bits per heavy atom. The summed E-state index contributed by atoms with van der Waals surface area (Å²) in [6.07, 6.45) is 0. The quantitative estimate of drug-likeness (QED) is 0.816. The van der Waals surface area contributed by atoms with Crippen LogP contribution in [-0.2, 0) is 0 Å². The summed E-state index contributed by atoms with van der Waals surface area (Å²) in [6.45, 7) is 5.95. The van der Waals surface area contributed by atoms with E-state index in [1.54, 1.807) is 18.2 Å². The highest BCUT2D eigenvalue weighted by atomic mass is 19.1. The molecule has 84 valence electrons. The summed E-state index contributed by atoms with van der Waals surface area (Å²) in [6, 6.07) is 4.71. The highest BCUT2D eigenvalue weighted by molar-refractivity contribution is 5.33. The van der Waals surface area contributed by atoms with Crippen LogP contribution in [0.25, 0.3) is 0 Å². The number of rotatable bonds is 2. The molecular formula is C12H18FNO. The number of methoxy groups -OCH3 is 1. The molecule has 0 saturated carbocycles. The van der Waals surface area contributed by atoms with Crippen molar-refractivity contribution in [1.29, 1.82) is 0 Å². The Labute approximate surface area is 90.2 Å². The Morgan fingerprint density at radius 2 is 1.93 bits per heavy atom. The Morgan fingerprint density at radius 1 is 1.33 bits per heavy atom. The molecule has 0 saturated heterocycles. The number of hydrogen-bond donors (Lipinski definition) is 1. The van der Waals surface area contributed by atoms with Crippen LogP contribution in [-0.4, -0.2) is 7.11 Å². The SMILES string of the molecule is COc1cccc([C@H](N)C(C)(C)C)c1F. The van der Waals surface area contributed by atoms with Gasteiger partial charge in [0, 0.05) is 11.6 Å². The van der Waals surface area contributed by atoms with Gasteiger partial charge >= 0.3 is 0 Å². The molecule has 0 unspecified atom stereocenters. The van der Waals surface area contributed by atoms with Crippen molar-refractivity contribution in [2.45, 2.75) is 26.8 Å². The maximum Gasteiger partial charge on any atom is 0.169 e. The summed E-state index contributed by atoms with van der Waals surface area (Å²) < 4.78 is 18.8. The summed E-state index contributed by atoms with van der Waals surface area (Å²) >= 11 is 0. The van der Waals surface area contributed by atoms with E-state index in [1.165, 1.54) is 7.11 Å². The van der Waals surface area contributed by atoms with Crippen LogP contribution in [0.4, 0.5) is 4.39 Å². The second-order valence-corrected chi connectivity index (χ2v) is 4.71. The predicted octanol–water partition coefficient (Wildman–Crippen LogP) is 2.88. The lowest BCUT2D eigenvalue weighted by molar-refractivity contribution is 0.313. The molecule has 1 aromatic carbocycles. The van der Waals surface area contributed by atoms with Crippen LogP contribution < -0.4 is 10.5 Å². The van der Waals surface area contributed by atoms with Gasteiger partial charge in [0.05, 0.1) is 7.11 Å². The summed E-state index contributed by atoms with van der Waals surface area (Å²) in [7, 11) is 1.45. The average Bonchev–Trinajstić information content (AvgIpc) is 2.16. The average molecular weight is 211 g/mol. The second-order valence-electron chi connectivity index (χ2n) is 4.71. The Kier molecular flexibility index (Phi) is 3.35. The van der Waals surface area contributed by atoms with E-state index in [2.05, 4.69) is 0 Å². The van der Waals surface area contributed by atoms with Crippen molar-refractivity contribution in [2.24, 2.45) is 11.1 Å². The van der Waals surface area contributed by atoms with Crippen molar-refractivity contribution in [1.82, 2.24) is 0 Å². The summed E-state index contributed by atoms with van der Waals surface area (Å²) in [4.78, 5) is 0. The first-order valence-electron chi connectivity index (χ1n) is 4.96. The Bertz CT molecular complexity index is 344. The molecule has 0 fully saturated rings. The molecular weight excluding hydrogens is 193 g/mol. The number of hydrogen-bond acceptors (Lipinski definition) is 2. The van der Waals surface area contributed by atoms with Crippen LogP contribution in [0.1, 0.15) is 32.4 Å². The topological polar surface area (TPSA) is 35.2 Å². The van der Waals surface area contributed by atoms with Crippen LogP contribution >= 0.6 is 0 Å². The van der Waals surface area contributed by atoms with Gasteiger partial charge in [-0.05, 0) is 11.5 Å². The first-order chi connectivity index (χ1) is 6.88. The first-order valence-corrected chi connectivity index (χ1v) is 4.96. The molecule has 0 amide bonds. The van der Waals surface area contributed by atoms with E-state index in [0.29, 0.717) is 5.56 Å². The lowest BCUT2D eigenvalue weighted by Crippen LogP contribution is -2.27. The van der Waals surface area contributed by atoms with Gasteiger partial charge in [0.25, 0.3) is 0 Å². The van der Waals surface area contributed by atoms with Gasteiger partial charge < -0.3 is 10.5 Å². The standard InChI is InChI=1S/C12H18FNO/c1-12(2,3)11(14)8-6-5-7-9(15-4)10(8)13/h5-7,11H,14H2,1-4H3/t11-/m0/s1. The van der Waals surface area contributed by atoms with Gasteiger partial charge in [-0.25, -0.2) is 4.39 Å². The fraction of sp³-hybridized carbons (Fsp3) is 0.500. The molecule has 2 nitrogen and oxygen atoms in total. The lowest BCUT2D eigenvalue weighted by Gasteiger charge is -2.27. The fourth-order valence-electron chi connectivity index (χ4n) is 1.39. The molecule has 0 bridgehead atoms. The fourth-order valence-corrected chi connectivity index (χ4v) is 1.39. The zero-order valence-corrected chi connectivity index (χ0v) is 9.67. The summed E-state index contributed by atoms with van der Waals surface area (Å²) in [5.74, 6) is -0.116. The number of benzene rings is 1. The van der Waals surface area contributed by atoms with E-state index >= 15 is 0 Å². The van der Waals surface area contributed by atoms with E-state index in [1.807, 2.05) is 20.8 Å². The molecule has 1 aromatic rings. The van der Waals surface area contributed by atoms with Gasteiger partial charge in [0.1, 0.15) is 0 Å². The van der Waals surface area contributed by atoms with E-state index in [0.717, 1.165) is 0 Å². The summed E-state index contributed by atoms with van der Waals surface area (Å²) in [5, 5.41) is 0. The predicted molar refractivity (Wildman–Crippen MR) is 59.3 cm³/mol. The molecule has 3 heteroatoms. The third-order valence-corrected chi connectivity index (χ3v) is 2.48. The molecule has 0 aliphatic heterocycles. The van der Waals surface area contributed by atoms with Crippen LogP contribution in [0.2, 0.25) is 0 Å². The molecule has 0 spiro atoms. The molecule has 1 atom stereocenters. The highest BCUT2D eigenvalue weighted by Gasteiger charge is 2.25. The van der Waals surface area contributed by atoms with Gasteiger partial charge in [-0.1, -0.05) is 32.9 Å². The van der Waals surface area contributed by atoms with Crippen LogP contribution in [0.15, 0.2) is 18.2 Å². The minimum atomic E-state index is -0.359. The smallest absolute Gasteiger partial charge is 0.169 e. The van der Waals surface area contributed by atoms with E-state index in [9.17, 15) is 4.39 Å². The maximum absolute atomic E-state index is 13.8. The van der Waals surface area contributed by atoms with E-state index < -0.39 is 0 Å². The molecule has 0 aliphatic carbocycles. The van der Waals surface area contributed by atoms with Crippen LogP contribution in [0.3, 0.4) is 0 Å². The zero-order valence-electron chi connectivity index (χ0n) is 9.67. The van der Waals surface area contributed by atoms with Crippen molar-refractivity contribution in [2.75, 3.05) is 7.11 Å². The first kappa shape index (κ1) is 12.0. The Hall–Kier alpha value is -1.09. The van der Waals surface area contributed by atoms with Crippen molar-refractivity contribution in [3.63, 3.8) is 0 Å². The third-order valence-electron chi connectivity index (χ3n) is 2.48. The van der Waals surface area contributed by atoms with E-state index in [-0.39, 0.29) is 23.0 Å². The lowest BCUT2D eigenvalue weighted by atomic mass is 9.83. The van der Waals surface area contributed by atoms with Crippen molar-refractivity contribution >= 4 is 0 Å².